The van der Waals surface area contributed by atoms with Gasteiger partial charge in [0.15, 0.2) is 0 Å². The summed E-state index contributed by atoms with van der Waals surface area (Å²) in [5, 5.41) is 21.7. The molecule has 4 N–H and O–H groups in total. The Bertz CT molecular complexity index is 931. The predicted molar refractivity (Wildman–Crippen MR) is 175 cm³/mol. The molecule has 0 aliphatic heterocycles. The highest BCUT2D eigenvalue weighted by molar-refractivity contribution is 6.37. The van der Waals surface area contributed by atoms with Gasteiger partial charge in [-0.15, -0.1) is 13.0 Å². The zero-order valence-electron chi connectivity index (χ0n) is 24.6. The fourth-order valence-corrected chi connectivity index (χ4v) is 3.69. The molecule has 226 valence electrons. The molecule has 2 unspecified atom stereocenters. The van der Waals surface area contributed by atoms with Crippen LogP contribution >= 0.6 is 34.8 Å². The van der Waals surface area contributed by atoms with Gasteiger partial charge >= 0.3 is 0 Å². The number of nitrogens with one attached hydrogen (secondary N) is 2. The van der Waals surface area contributed by atoms with E-state index in [1.54, 1.807) is 42.4 Å². The zero-order valence-corrected chi connectivity index (χ0v) is 26.9. The summed E-state index contributed by atoms with van der Waals surface area (Å²) < 4.78 is 5.10. The minimum absolute atomic E-state index is 0.343. The fraction of sp³-hybridized carbons (Fsp3) is 0.433. The molecule has 0 saturated carbocycles. The third-order valence-corrected chi connectivity index (χ3v) is 5.60. The van der Waals surface area contributed by atoms with E-state index < -0.39 is 0 Å². The minimum Gasteiger partial charge on any atom is -0.400 e. The van der Waals surface area contributed by atoms with E-state index >= 15 is 0 Å². The van der Waals surface area contributed by atoms with E-state index in [0.717, 1.165) is 33.6 Å². The summed E-state index contributed by atoms with van der Waals surface area (Å²) in [5.74, 6) is 3.16. The number of aliphatic imine (C=N–C) groups is 1. The molecule has 0 aliphatic rings. The number of aliphatic hydroxyl groups excluding tert-OH is 2. The molecule has 0 aromatic heterocycles. The lowest BCUT2D eigenvalue weighted by molar-refractivity contribution is 0.160. The predicted octanol–water partition coefficient (Wildman–Crippen LogP) is 6.20. The van der Waals surface area contributed by atoms with Crippen molar-refractivity contribution in [2.24, 2.45) is 4.99 Å². The van der Waals surface area contributed by atoms with Crippen molar-refractivity contribution in [1.29, 1.82) is 0 Å². The first kappa shape index (κ1) is 42.3. The van der Waals surface area contributed by atoms with Gasteiger partial charge < -0.3 is 19.8 Å². The van der Waals surface area contributed by atoms with E-state index in [1.807, 2.05) is 26.0 Å². The highest BCUT2D eigenvalue weighted by Gasteiger charge is 2.23. The second-order valence-electron chi connectivity index (χ2n) is 7.19. The lowest BCUT2D eigenvalue weighted by Gasteiger charge is -2.31. The number of halogens is 3. The Hall–Kier alpha value is -2.12. The van der Waals surface area contributed by atoms with Crippen LogP contribution in [0.1, 0.15) is 39.2 Å². The Morgan fingerprint density at radius 1 is 1.23 bits per heavy atom. The van der Waals surface area contributed by atoms with Crippen LogP contribution < -0.4 is 10.6 Å². The van der Waals surface area contributed by atoms with Crippen LogP contribution in [0.25, 0.3) is 0 Å². The Kier molecular flexibility index (Phi) is 31.6. The maximum Gasteiger partial charge on any atom is 0.139 e. The Morgan fingerprint density at radius 3 is 2.38 bits per heavy atom. The summed E-state index contributed by atoms with van der Waals surface area (Å²) in [6, 6.07) is 5.24. The highest BCUT2D eigenvalue weighted by atomic mass is 35.5. The van der Waals surface area contributed by atoms with Crippen LogP contribution in [0.4, 0.5) is 0 Å². The molecule has 1 aromatic rings. The highest BCUT2D eigenvalue weighted by Crippen LogP contribution is 2.25. The monoisotopic (exact) mass is 616 g/mol. The number of ether oxygens (including phenoxy) is 1. The summed E-state index contributed by atoms with van der Waals surface area (Å²) in [5.41, 5.74) is 2.49. The second kappa shape index (κ2) is 29.9. The van der Waals surface area contributed by atoms with Gasteiger partial charge in [0, 0.05) is 43.5 Å². The largest absolute Gasteiger partial charge is 0.400 e. The molecule has 1 aromatic carbocycles. The topological polar surface area (TPSA) is 89.4 Å². The Labute approximate surface area is 257 Å². The SMILES string of the molecule is C#CC(=C)N(/C(=N\CNCCC(CC)NCOC)c1ccc(Cl)cc1Cl)C(C=C)C=C/C=C/Cl.CC.CO.CO. The fourth-order valence-electron chi connectivity index (χ4n) is 3.11. The van der Waals surface area contributed by atoms with Crippen molar-refractivity contribution in [3.05, 3.63) is 82.5 Å². The number of methoxy groups -OCH3 is 1. The third kappa shape index (κ3) is 17.5. The van der Waals surface area contributed by atoms with E-state index in [0.29, 0.717) is 46.6 Å². The standard InChI is InChI=1S/C26H33Cl3N4O.C2H6.2CH4O/c1-6-20(4)33(23(8-3)11-9-10-15-27)26(24-13-12-21(28)17-25(24)29)31-18-30-16-14-22(7-2)32-19-34-5;3*1-2/h1,8-13,15,17,22-23,30,32H,3-4,7,14,16,18-19H2,2,5H3;1-2H3;2*2H,1H3/b11-9?,15-10+,31-26-;;;. The lowest BCUT2D eigenvalue weighted by Crippen LogP contribution is -2.38. The normalized spacial score (nSPS) is 12.1. The molecule has 2 atom stereocenters. The molecular formula is C30H47Cl3N4O3. The molecule has 0 heterocycles. The van der Waals surface area contributed by atoms with E-state index in [1.165, 1.54) is 5.54 Å². The van der Waals surface area contributed by atoms with E-state index in [2.05, 4.69) is 36.6 Å². The summed E-state index contributed by atoms with van der Waals surface area (Å²) in [6.07, 6.45) is 14.8. The Morgan fingerprint density at radius 2 is 1.88 bits per heavy atom. The molecule has 0 bridgehead atoms. The zero-order chi connectivity index (χ0) is 31.3. The average molecular weight is 618 g/mol. The van der Waals surface area contributed by atoms with Gasteiger partial charge in [-0.25, -0.2) is 0 Å². The number of rotatable bonds is 15. The van der Waals surface area contributed by atoms with Gasteiger partial charge in [0.1, 0.15) is 5.84 Å². The molecule has 0 spiro atoms. The Balaban J connectivity index is -0.00000213. The number of hydrogen-bond acceptors (Lipinski definition) is 6. The van der Waals surface area contributed by atoms with Gasteiger partial charge in [0.25, 0.3) is 0 Å². The van der Waals surface area contributed by atoms with E-state index in [4.69, 9.17) is 61.2 Å². The first-order valence-electron chi connectivity index (χ1n) is 12.8. The molecule has 10 heteroatoms. The smallest absolute Gasteiger partial charge is 0.139 e. The lowest BCUT2D eigenvalue weighted by atomic mass is 10.1. The first-order valence-corrected chi connectivity index (χ1v) is 14.0. The molecule has 1 rings (SSSR count). The number of nitrogens with zero attached hydrogens (tertiary/aromatic N) is 2. The van der Waals surface area contributed by atoms with Crippen molar-refractivity contribution in [3.63, 3.8) is 0 Å². The van der Waals surface area contributed by atoms with Gasteiger partial charge in [0.05, 0.1) is 30.2 Å². The van der Waals surface area contributed by atoms with Crippen LogP contribution in [0.15, 0.2) is 71.9 Å². The third-order valence-electron chi connectivity index (χ3n) is 4.91. The van der Waals surface area contributed by atoms with Gasteiger partial charge in [-0.05, 0) is 37.6 Å². The molecule has 0 aliphatic carbocycles. The van der Waals surface area contributed by atoms with Crippen LogP contribution in [0.3, 0.4) is 0 Å². The number of benzene rings is 1. The van der Waals surface area contributed by atoms with Crippen LogP contribution in [0, 0.1) is 12.3 Å². The van der Waals surface area contributed by atoms with Crippen molar-refractivity contribution in [1.82, 2.24) is 15.5 Å². The van der Waals surface area contributed by atoms with Gasteiger partial charge in [0.2, 0.25) is 0 Å². The van der Waals surface area contributed by atoms with Gasteiger partial charge in [-0.3, -0.25) is 15.6 Å². The van der Waals surface area contributed by atoms with Crippen molar-refractivity contribution in [2.75, 3.05) is 41.3 Å². The van der Waals surface area contributed by atoms with Crippen molar-refractivity contribution in [2.45, 2.75) is 45.7 Å². The minimum atomic E-state index is -0.343. The number of allylic oxidation sites excluding steroid dienone is 3. The summed E-state index contributed by atoms with van der Waals surface area (Å²) in [4.78, 5) is 6.62. The molecular weight excluding hydrogens is 571 g/mol. The molecule has 0 saturated heterocycles. The maximum absolute atomic E-state index is 7.00. The van der Waals surface area contributed by atoms with Crippen molar-refractivity contribution < 1.29 is 14.9 Å². The number of hydrogen-bond donors (Lipinski definition) is 4. The van der Waals surface area contributed by atoms with Crippen molar-refractivity contribution in [3.8, 4) is 12.3 Å². The molecule has 0 radical (unpaired) electrons. The summed E-state index contributed by atoms with van der Waals surface area (Å²) in [7, 11) is 3.67. The van der Waals surface area contributed by atoms with Gasteiger partial charge in [-0.1, -0.05) is 92.4 Å². The summed E-state index contributed by atoms with van der Waals surface area (Å²) >= 11 is 18.3. The average Bonchev–Trinajstić information content (AvgIpc) is 3.00. The number of amidine groups is 1. The quantitative estimate of drug-likeness (QED) is 0.0356. The second-order valence-corrected chi connectivity index (χ2v) is 8.28. The number of terminal acetylenes is 1. The van der Waals surface area contributed by atoms with E-state index in [9.17, 15) is 0 Å². The summed E-state index contributed by atoms with van der Waals surface area (Å²) in [6.45, 7) is 15.8. The molecule has 40 heavy (non-hydrogen) atoms. The van der Waals surface area contributed by atoms with Crippen molar-refractivity contribution >= 4 is 40.6 Å². The molecule has 0 amide bonds. The van der Waals surface area contributed by atoms with Crippen LogP contribution in [-0.2, 0) is 4.74 Å². The van der Waals surface area contributed by atoms with Gasteiger partial charge in [-0.2, -0.15) is 0 Å². The van der Waals surface area contributed by atoms with Crippen LogP contribution in [-0.4, -0.2) is 74.3 Å². The maximum atomic E-state index is 7.00. The molecule has 0 fully saturated rings. The van der Waals surface area contributed by atoms with Crippen LogP contribution in [0.5, 0.6) is 0 Å². The number of aliphatic hydroxyl groups is 2. The van der Waals surface area contributed by atoms with E-state index in [-0.39, 0.29) is 6.04 Å². The molecule has 7 nitrogen and oxygen atoms in total. The van der Waals surface area contributed by atoms with Crippen LogP contribution in [0.2, 0.25) is 10.0 Å². The first-order chi connectivity index (χ1) is 19.4.